The number of rotatable bonds is 6. The lowest BCUT2D eigenvalue weighted by Crippen LogP contribution is -2.13. The number of halogens is 1. The van der Waals surface area contributed by atoms with E-state index in [4.69, 9.17) is 9.47 Å². The Balaban J connectivity index is 1.46. The predicted molar refractivity (Wildman–Crippen MR) is 111 cm³/mol. The number of esters is 1. The summed E-state index contributed by atoms with van der Waals surface area (Å²) in [6.07, 6.45) is 2.74. The van der Waals surface area contributed by atoms with Crippen molar-refractivity contribution in [1.29, 1.82) is 0 Å². The molecule has 0 unspecified atom stereocenters. The first-order valence-electron chi connectivity index (χ1n) is 9.05. The number of carbonyl (C=O) groups is 2. The summed E-state index contributed by atoms with van der Waals surface area (Å²) in [4.78, 5) is 26.5. The maximum atomic E-state index is 13.6. The highest BCUT2D eigenvalue weighted by Crippen LogP contribution is 2.39. The van der Waals surface area contributed by atoms with Gasteiger partial charge in [-0.25, -0.2) is 9.18 Å². The summed E-state index contributed by atoms with van der Waals surface area (Å²) < 4.78 is 24.0. The Labute approximate surface area is 175 Å². The van der Waals surface area contributed by atoms with Crippen molar-refractivity contribution in [1.82, 2.24) is 0 Å². The molecule has 1 aromatic carbocycles. The van der Waals surface area contributed by atoms with Gasteiger partial charge in [0.25, 0.3) is 5.91 Å². The van der Waals surface area contributed by atoms with Gasteiger partial charge in [-0.2, -0.15) is 0 Å². The van der Waals surface area contributed by atoms with Crippen LogP contribution in [-0.4, -0.2) is 19.0 Å². The quantitative estimate of drug-likeness (QED) is 0.555. The average molecular weight is 432 g/mol. The highest BCUT2D eigenvalue weighted by Gasteiger charge is 2.28. The molecule has 0 aliphatic heterocycles. The van der Waals surface area contributed by atoms with E-state index in [1.165, 1.54) is 35.8 Å². The van der Waals surface area contributed by atoms with E-state index in [1.807, 2.05) is 0 Å². The highest BCUT2D eigenvalue weighted by molar-refractivity contribution is 7.17. The van der Waals surface area contributed by atoms with Crippen LogP contribution < -0.4 is 10.1 Å². The van der Waals surface area contributed by atoms with Crippen molar-refractivity contribution in [2.75, 3.05) is 12.4 Å². The lowest BCUT2D eigenvalue weighted by Gasteiger charge is -2.06. The summed E-state index contributed by atoms with van der Waals surface area (Å²) >= 11 is 2.71. The van der Waals surface area contributed by atoms with Crippen LogP contribution in [0.2, 0.25) is 0 Å². The number of aryl methyl sites for hydroxylation is 1. The monoisotopic (exact) mass is 431 g/mol. The molecule has 2 heterocycles. The van der Waals surface area contributed by atoms with Gasteiger partial charge in [0.15, 0.2) is 11.6 Å². The fraction of sp³-hybridized carbons (Fsp3) is 0.238. The maximum Gasteiger partial charge on any atom is 0.341 e. The number of anilines is 1. The Morgan fingerprint density at radius 2 is 2.07 bits per heavy atom. The highest BCUT2D eigenvalue weighted by atomic mass is 32.1. The molecule has 1 amide bonds. The average Bonchev–Trinajstić information content (AvgIpc) is 3.43. The van der Waals surface area contributed by atoms with Crippen molar-refractivity contribution in [3.8, 4) is 5.75 Å². The lowest BCUT2D eigenvalue weighted by molar-refractivity contribution is 0.0601. The molecule has 1 N–H and O–H groups in total. The summed E-state index contributed by atoms with van der Waals surface area (Å²) in [7, 11) is 1.34. The predicted octanol–water partition coefficient (Wildman–Crippen LogP) is 5.06. The third-order valence-corrected chi connectivity index (χ3v) is 6.83. The van der Waals surface area contributed by atoms with Gasteiger partial charge in [0.2, 0.25) is 0 Å². The van der Waals surface area contributed by atoms with Gasteiger partial charge in [-0.15, -0.1) is 22.7 Å². The van der Waals surface area contributed by atoms with Crippen LogP contribution in [0.4, 0.5) is 9.39 Å². The Morgan fingerprint density at radius 3 is 2.86 bits per heavy atom. The Kier molecular flexibility index (Phi) is 5.64. The van der Waals surface area contributed by atoms with E-state index in [1.54, 1.807) is 29.6 Å². The molecule has 29 heavy (non-hydrogen) atoms. The van der Waals surface area contributed by atoms with Crippen LogP contribution in [0.25, 0.3) is 0 Å². The van der Waals surface area contributed by atoms with Gasteiger partial charge >= 0.3 is 5.97 Å². The molecule has 0 radical (unpaired) electrons. The van der Waals surface area contributed by atoms with Gasteiger partial charge < -0.3 is 14.8 Å². The molecule has 150 valence electrons. The zero-order valence-corrected chi connectivity index (χ0v) is 17.3. The zero-order chi connectivity index (χ0) is 20.4. The second-order valence-corrected chi connectivity index (χ2v) is 8.56. The van der Waals surface area contributed by atoms with Gasteiger partial charge in [0.05, 0.1) is 17.6 Å². The Hall–Kier alpha value is -2.71. The van der Waals surface area contributed by atoms with Crippen molar-refractivity contribution >= 4 is 39.6 Å². The van der Waals surface area contributed by atoms with Gasteiger partial charge in [-0.3, -0.25) is 4.79 Å². The number of amides is 1. The van der Waals surface area contributed by atoms with E-state index in [0.29, 0.717) is 15.4 Å². The summed E-state index contributed by atoms with van der Waals surface area (Å²) in [6.45, 7) is 0.158. The number of carbonyl (C=O) groups excluding carboxylic acids is 2. The number of para-hydroxylation sites is 1. The summed E-state index contributed by atoms with van der Waals surface area (Å²) in [6, 6.07) is 7.89. The SMILES string of the molecule is COC(=O)c1c(NC(=O)c2cc(COc3ccccc3F)cs2)sc2c1CCC2. The summed E-state index contributed by atoms with van der Waals surface area (Å²) in [5, 5.41) is 5.18. The summed E-state index contributed by atoms with van der Waals surface area (Å²) in [5.41, 5.74) is 2.23. The molecule has 4 rings (SSSR count). The Bertz CT molecular complexity index is 1070. The number of fused-ring (bicyclic) bond motifs is 1. The first-order chi connectivity index (χ1) is 14.1. The van der Waals surface area contributed by atoms with E-state index >= 15 is 0 Å². The van der Waals surface area contributed by atoms with E-state index in [9.17, 15) is 14.0 Å². The molecule has 0 saturated heterocycles. The molecular weight excluding hydrogens is 413 g/mol. The normalized spacial score (nSPS) is 12.5. The second-order valence-electron chi connectivity index (χ2n) is 6.55. The molecule has 8 heteroatoms. The van der Waals surface area contributed by atoms with Gasteiger partial charge in [0, 0.05) is 10.4 Å². The minimum Gasteiger partial charge on any atom is -0.486 e. The molecule has 0 atom stereocenters. The first-order valence-corrected chi connectivity index (χ1v) is 10.8. The number of hydrogen-bond donors (Lipinski definition) is 1. The molecule has 3 aromatic rings. The number of ether oxygens (including phenoxy) is 2. The maximum absolute atomic E-state index is 13.6. The van der Waals surface area contributed by atoms with Crippen molar-refractivity contribution in [2.45, 2.75) is 25.9 Å². The topological polar surface area (TPSA) is 64.6 Å². The first kappa shape index (κ1) is 19.6. The fourth-order valence-electron chi connectivity index (χ4n) is 3.27. The van der Waals surface area contributed by atoms with E-state index in [2.05, 4.69) is 5.32 Å². The summed E-state index contributed by atoms with van der Waals surface area (Å²) in [5.74, 6) is -0.982. The molecular formula is C21H18FNO4S2. The standard InChI is InChI=1S/C21H18FNO4S2/c1-26-21(25)18-13-5-4-8-16(13)29-20(18)23-19(24)17-9-12(11-28-17)10-27-15-7-3-2-6-14(15)22/h2-3,6-7,9,11H,4-5,8,10H2,1H3,(H,23,24). The molecule has 0 saturated carbocycles. The molecule has 0 fully saturated rings. The number of nitrogens with one attached hydrogen (secondary N) is 1. The number of hydrogen-bond acceptors (Lipinski definition) is 6. The molecule has 1 aliphatic rings. The largest absolute Gasteiger partial charge is 0.486 e. The van der Waals surface area contributed by atoms with Crippen LogP contribution in [0, 0.1) is 5.82 Å². The number of methoxy groups -OCH3 is 1. The van der Waals surface area contributed by atoms with Crippen molar-refractivity contribution in [3.63, 3.8) is 0 Å². The van der Waals surface area contributed by atoms with Gasteiger partial charge in [-0.1, -0.05) is 12.1 Å². The van der Waals surface area contributed by atoms with Crippen LogP contribution in [0.1, 0.15) is 42.5 Å². The lowest BCUT2D eigenvalue weighted by atomic mass is 10.1. The molecule has 0 spiro atoms. The number of benzene rings is 1. The van der Waals surface area contributed by atoms with Crippen LogP contribution >= 0.6 is 22.7 Å². The van der Waals surface area contributed by atoms with E-state index in [0.717, 1.165) is 35.3 Å². The van der Waals surface area contributed by atoms with Crippen molar-refractivity contribution < 1.29 is 23.5 Å². The number of thiophene rings is 2. The molecule has 0 bridgehead atoms. The fourth-order valence-corrected chi connectivity index (χ4v) is 5.33. The Morgan fingerprint density at radius 1 is 1.24 bits per heavy atom. The third-order valence-electron chi connectivity index (χ3n) is 4.65. The minimum absolute atomic E-state index is 0.158. The van der Waals surface area contributed by atoms with Gasteiger partial charge in [-0.05, 0) is 48.4 Å². The molecule has 5 nitrogen and oxygen atoms in total. The zero-order valence-electron chi connectivity index (χ0n) is 15.6. The molecule has 1 aliphatic carbocycles. The van der Waals surface area contributed by atoms with Crippen LogP contribution in [0.5, 0.6) is 5.75 Å². The van der Waals surface area contributed by atoms with E-state index in [-0.39, 0.29) is 18.3 Å². The van der Waals surface area contributed by atoms with E-state index < -0.39 is 11.8 Å². The smallest absolute Gasteiger partial charge is 0.341 e. The minimum atomic E-state index is -0.429. The van der Waals surface area contributed by atoms with Crippen molar-refractivity contribution in [2.24, 2.45) is 0 Å². The van der Waals surface area contributed by atoms with Crippen LogP contribution in [0.15, 0.2) is 35.7 Å². The van der Waals surface area contributed by atoms with Crippen LogP contribution in [0.3, 0.4) is 0 Å². The van der Waals surface area contributed by atoms with Crippen LogP contribution in [-0.2, 0) is 24.2 Å². The van der Waals surface area contributed by atoms with Gasteiger partial charge in [0.1, 0.15) is 11.6 Å². The molecule has 2 aromatic heterocycles. The third kappa shape index (κ3) is 4.04. The second kappa shape index (κ2) is 8.34. The van der Waals surface area contributed by atoms with Crippen molar-refractivity contribution in [3.05, 3.63) is 68.0 Å².